The van der Waals surface area contributed by atoms with Crippen molar-refractivity contribution in [3.05, 3.63) is 47.9 Å². The molecule has 3 heteroatoms. The molecule has 2 nitrogen and oxygen atoms in total. The zero-order chi connectivity index (χ0) is 10.8. The van der Waals surface area contributed by atoms with E-state index < -0.39 is 0 Å². The van der Waals surface area contributed by atoms with Gasteiger partial charge in [0.2, 0.25) is 0 Å². The summed E-state index contributed by atoms with van der Waals surface area (Å²) >= 11 is 0. The molecule has 0 radical (unpaired) electrons. The summed E-state index contributed by atoms with van der Waals surface area (Å²) in [6, 6.07) is 10.1. The molecule has 0 aliphatic rings. The molecule has 0 aliphatic heterocycles. The van der Waals surface area contributed by atoms with Crippen LogP contribution in [0.25, 0.3) is 11.1 Å². The first kappa shape index (κ1) is 9.65. The van der Waals surface area contributed by atoms with Crippen molar-refractivity contribution in [1.82, 2.24) is 4.98 Å². The summed E-state index contributed by atoms with van der Waals surface area (Å²) in [7, 11) is 0. The smallest absolute Gasteiger partial charge is 0.131 e. The Kier molecular flexibility index (Phi) is 2.37. The number of halogens is 1. The van der Waals surface area contributed by atoms with Gasteiger partial charge in [0, 0.05) is 16.8 Å². The molecule has 76 valence electrons. The average molecular weight is 202 g/mol. The maximum Gasteiger partial charge on any atom is 0.131 e. The van der Waals surface area contributed by atoms with Gasteiger partial charge in [-0.05, 0) is 25.1 Å². The summed E-state index contributed by atoms with van der Waals surface area (Å²) in [5.74, 6) is 0.0787. The molecule has 0 bridgehead atoms. The van der Waals surface area contributed by atoms with Crippen LogP contribution in [0, 0.1) is 12.7 Å². The number of hydrogen-bond donors (Lipinski definition) is 1. The second kappa shape index (κ2) is 3.69. The minimum atomic E-state index is -0.283. The highest BCUT2D eigenvalue weighted by atomic mass is 19.1. The van der Waals surface area contributed by atoms with Gasteiger partial charge in [0.15, 0.2) is 0 Å². The second-order valence-corrected chi connectivity index (χ2v) is 3.37. The Morgan fingerprint density at radius 3 is 2.47 bits per heavy atom. The number of hydrogen-bond acceptors (Lipinski definition) is 2. The normalized spacial score (nSPS) is 10.3. The first-order valence-electron chi connectivity index (χ1n) is 4.66. The van der Waals surface area contributed by atoms with E-state index in [2.05, 4.69) is 4.98 Å². The van der Waals surface area contributed by atoms with E-state index in [-0.39, 0.29) is 5.82 Å². The molecular weight excluding hydrogens is 191 g/mol. The first-order valence-corrected chi connectivity index (χ1v) is 4.66. The van der Waals surface area contributed by atoms with Crippen LogP contribution in [-0.4, -0.2) is 4.98 Å². The Bertz CT molecular complexity index is 495. The zero-order valence-corrected chi connectivity index (χ0v) is 8.37. The molecule has 0 saturated heterocycles. The largest absolute Gasteiger partial charge is 0.383 e. The minimum absolute atomic E-state index is 0.283. The van der Waals surface area contributed by atoms with E-state index in [1.165, 1.54) is 6.07 Å². The Morgan fingerprint density at radius 2 is 1.80 bits per heavy atom. The molecule has 0 unspecified atom stereocenters. The molecule has 2 N–H and O–H groups in total. The van der Waals surface area contributed by atoms with Crippen LogP contribution >= 0.6 is 0 Å². The molecule has 0 spiro atoms. The van der Waals surface area contributed by atoms with Crippen LogP contribution in [-0.2, 0) is 0 Å². The van der Waals surface area contributed by atoms with Gasteiger partial charge < -0.3 is 5.73 Å². The Hall–Kier alpha value is -1.90. The lowest BCUT2D eigenvalue weighted by Gasteiger charge is -2.06. The van der Waals surface area contributed by atoms with Crippen LogP contribution in [0.1, 0.15) is 5.69 Å². The summed E-state index contributed by atoms with van der Waals surface area (Å²) in [6.45, 7) is 1.85. The Balaban J connectivity index is 2.60. The predicted octanol–water partition coefficient (Wildman–Crippen LogP) is 2.78. The van der Waals surface area contributed by atoms with Crippen LogP contribution in [0.5, 0.6) is 0 Å². The van der Waals surface area contributed by atoms with Crippen molar-refractivity contribution in [2.45, 2.75) is 6.92 Å². The van der Waals surface area contributed by atoms with Crippen LogP contribution in [0.2, 0.25) is 0 Å². The summed E-state index contributed by atoms with van der Waals surface area (Å²) < 4.78 is 13.5. The third-order valence-corrected chi connectivity index (χ3v) is 2.23. The topological polar surface area (TPSA) is 38.9 Å². The molecule has 2 aromatic rings. The molecule has 0 fully saturated rings. The third-order valence-electron chi connectivity index (χ3n) is 2.23. The highest BCUT2D eigenvalue weighted by Gasteiger charge is 2.07. The van der Waals surface area contributed by atoms with E-state index in [9.17, 15) is 4.39 Å². The fourth-order valence-electron chi connectivity index (χ4n) is 1.48. The number of aromatic nitrogens is 1. The number of benzene rings is 1. The highest BCUT2D eigenvalue weighted by molar-refractivity contribution is 5.74. The third kappa shape index (κ3) is 1.81. The molecular formula is C12H11FN2. The Labute approximate surface area is 87.6 Å². The summed E-state index contributed by atoms with van der Waals surface area (Å²) in [6.07, 6.45) is 0. The highest BCUT2D eigenvalue weighted by Crippen LogP contribution is 2.26. The van der Waals surface area contributed by atoms with Gasteiger partial charge in [-0.25, -0.2) is 9.37 Å². The van der Waals surface area contributed by atoms with Gasteiger partial charge in [0.1, 0.15) is 11.6 Å². The quantitative estimate of drug-likeness (QED) is 0.772. The molecule has 1 heterocycles. The number of nitrogens with zero attached hydrogens (tertiary/aromatic N) is 1. The lowest BCUT2D eigenvalue weighted by Crippen LogP contribution is -1.96. The van der Waals surface area contributed by atoms with E-state index in [0.717, 1.165) is 5.69 Å². The number of nitrogen functional groups attached to an aromatic ring is 1. The molecule has 15 heavy (non-hydrogen) atoms. The average Bonchev–Trinajstić information content (AvgIpc) is 2.20. The van der Waals surface area contributed by atoms with E-state index in [1.54, 1.807) is 24.3 Å². The van der Waals surface area contributed by atoms with Gasteiger partial charge in [-0.2, -0.15) is 0 Å². The van der Waals surface area contributed by atoms with Gasteiger partial charge in [-0.1, -0.05) is 18.2 Å². The van der Waals surface area contributed by atoms with Crippen molar-refractivity contribution in [2.75, 3.05) is 5.73 Å². The summed E-state index contributed by atoms with van der Waals surface area (Å²) in [5.41, 5.74) is 7.70. The molecule has 0 aliphatic carbocycles. The maximum atomic E-state index is 13.5. The lowest BCUT2D eigenvalue weighted by molar-refractivity contribution is 0.631. The number of rotatable bonds is 1. The van der Waals surface area contributed by atoms with Crippen molar-refractivity contribution in [1.29, 1.82) is 0 Å². The van der Waals surface area contributed by atoms with Gasteiger partial charge in [0.25, 0.3) is 0 Å². The first-order chi connectivity index (χ1) is 7.18. The van der Waals surface area contributed by atoms with Crippen LogP contribution in [0.3, 0.4) is 0 Å². The van der Waals surface area contributed by atoms with E-state index >= 15 is 0 Å². The molecule has 1 aromatic heterocycles. The van der Waals surface area contributed by atoms with Crippen molar-refractivity contribution < 1.29 is 4.39 Å². The van der Waals surface area contributed by atoms with E-state index in [0.29, 0.717) is 16.9 Å². The zero-order valence-electron chi connectivity index (χ0n) is 8.37. The van der Waals surface area contributed by atoms with Crippen LogP contribution in [0.4, 0.5) is 10.2 Å². The van der Waals surface area contributed by atoms with Crippen molar-refractivity contribution >= 4 is 5.82 Å². The lowest BCUT2D eigenvalue weighted by atomic mass is 10.1. The van der Waals surface area contributed by atoms with E-state index in [4.69, 9.17) is 5.73 Å². The molecule has 0 saturated carbocycles. The maximum absolute atomic E-state index is 13.5. The minimum Gasteiger partial charge on any atom is -0.383 e. The summed E-state index contributed by atoms with van der Waals surface area (Å²) in [5, 5.41) is 0. The number of nitrogens with two attached hydrogens (primary N) is 1. The standard InChI is InChI=1S/C12H11FN2/c1-8-6-7-10(12(14)15-8)9-4-2-3-5-11(9)13/h2-7H,1H3,(H2,14,15). The predicted molar refractivity (Wildman–Crippen MR) is 58.8 cm³/mol. The Morgan fingerprint density at radius 1 is 1.07 bits per heavy atom. The molecule has 2 rings (SSSR count). The molecule has 1 aromatic carbocycles. The fraction of sp³-hybridized carbons (Fsp3) is 0.0833. The van der Waals surface area contributed by atoms with Crippen LogP contribution in [0.15, 0.2) is 36.4 Å². The van der Waals surface area contributed by atoms with Gasteiger partial charge in [-0.15, -0.1) is 0 Å². The van der Waals surface area contributed by atoms with Crippen molar-refractivity contribution in [3.63, 3.8) is 0 Å². The van der Waals surface area contributed by atoms with E-state index in [1.807, 2.05) is 13.0 Å². The van der Waals surface area contributed by atoms with Crippen molar-refractivity contribution in [3.8, 4) is 11.1 Å². The van der Waals surface area contributed by atoms with Crippen LogP contribution < -0.4 is 5.73 Å². The SMILES string of the molecule is Cc1ccc(-c2ccccc2F)c(N)n1. The van der Waals surface area contributed by atoms with Gasteiger partial charge >= 0.3 is 0 Å². The summed E-state index contributed by atoms with van der Waals surface area (Å²) in [4.78, 5) is 4.10. The number of pyridine rings is 1. The second-order valence-electron chi connectivity index (χ2n) is 3.37. The number of anilines is 1. The van der Waals surface area contributed by atoms with Gasteiger partial charge in [-0.3, -0.25) is 0 Å². The molecule has 0 amide bonds. The molecule has 0 atom stereocenters. The fourth-order valence-corrected chi connectivity index (χ4v) is 1.48. The van der Waals surface area contributed by atoms with Crippen molar-refractivity contribution in [2.24, 2.45) is 0 Å². The monoisotopic (exact) mass is 202 g/mol. The number of aryl methyl sites for hydroxylation is 1. The van der Waals surface area contributed by atoms with Gasteiger partial charge in [0.05, 0.1) is 0 Å².